The van der Waals surface area contributed by atoms with Gasteiger partial charge in [0.25, 0.3) is 5.91 Å². The monoisotopic (exact) mass is 286 g/mol. The van der Waals surface area contributed by atoms with E-state index in [2.05, 4.69) is 15.4 Å². The highest BCUT2D eigenvalue weighted by Crippen LogP contribution is 2.35. The summed E-state index contributed by atoms with van der Waals surface area (Å²) in [6, 6.07) is 10.0. The minimum absolute atomic E-state index is 0.235. The van der Waals surface area contributed by atoms with Crippen molar-refractivity contribution in [1.29, 1.82) is 0 Å². The quantitative estimate of drug-likeness (QED) is 0.918. The number of amides is 1. The molecule has 1 unspecified atom stereocenters. The SMILES string of the molecule is Cn1ncnc1C(=O)NCC1(c2ccccc2)CCCO1. The molecule has 1 fully saturated rings. The van der Waals surface area contributed by atoms with E-state index in [1.165, 1.54) is 11.0 Å². The molecule has 110 valence electrons. The third kappa shape index (κ3) is 2.67. The zero-order valence-electron chi connectivity index (χ0n) is 12.0. The lowest BCUT2D eigenvalue weighted by Crippen LogP contribution is -2.41. The molecule has 2 heterocycles. The van der Waals surface area contributed by atoms with E-state index in [0.717, 1.165) is 18.4 Å². The molecule has 1 N–H and O–H groups in total. The molecule has 1 aromatic heterocycles. The van der Waals surface area contributed by atoms with Crippen molar-refractivity contribution in [3.63, 3.8) is 0 Å². The summed E-state index contributed by atoms with van der Waals surface area (Å²) < 4.78 is 7.43. The van der Waals surface area contributed by atoms with Crippen LogP contribution in [-0.4, -0.2) is 33.8 Å². The predicted molar refractivity (Wildman–Crippen MR) is 76.6 cm³/mol. The molecule has 1 saturated heterocycles. The molecule has 1 atom stereocenters. The van der Waals surface area contributed by atoms with Crippen LogP contribution in [0.25, 0.3) is 0 Å². The van der Waals surface area contributed by atoms with Crippen LogP contribution in [0.2, 0.25) is 0 Å². The first-order chi connectivity index (χ1) is 10.2. The van der Waals surface area contributed by atoms with Crippen molar-refractivity contribution in [2.45, 2.75) is 18.4 Å². The van der Waals surface area contributed by atoms with Crippen LogP contribution in [0.3, 0.4) is 0 Å². The van der Waals surface area contributed by atoms with Gasteiger partial charge in [-0.25, -0.2) is 9.67 Å². The van der Waals surface area contributed by atoms with Crippen molar-refractivity contribution in [1.82, 2.24) is 20.1 Å². The van der Waals surface area contributed by atoms with Gasteiger partial charge in [-0.05, 0) is 18.4 Å². The maximum Gasteiger partial charge on any atom is 0.288 e. The second kappa shape index (κ2) is 5.65. The van der Waals surface area contributed by atoms with E-state index >= 15 is 0 Å². The third-order valence-corrected chi connectivity index (χ3v) is 3.85. The Kier molecular flexibility index (Phi) is 3.70. The van der Waals surface area contributed by atoms with Crippen LogP contribution >= 0.6 is 0 Å². The Morgan fingerprint density at radius 1 is 1.43 bits per heavy atom. The number of aryl methyl sites for hydroxylation is 1. The van der Waals surface area contributed by atoms with Gasteiger partial charge in [-0.2, -0.15) is 5.10 Å². The lowest BCUT2D eigenvalue weighted by Gasteiger charge is -2.29. The van der Waals surface area contributed by atoms with Gasteiger partial charge in [-0.3, -0.25) is 4.79 Å². The van der Waals surface area contributed by atoms with Crippen molar-refractivity contribution in [2.24, 2.45) is 7.05 Å². The van der Waals surface area contributed by atoms with Crippen LogP contribution in [0, 0.1) is 0 Å². The lowest BCUT2D eigenvalue weighted by atomic mass is 9.90. The minimum atomic E-state index is -0.435. The van der Waals surface area contributed by atoms with E-state index in [9.17, 15) is 4.79 Å². The number of hydrogen-bond acceptors (Lipinski definition) is 4. The first-order valence-corrected chi connectivity index (χ1v) is 7.03. The van der Waals surface area contributed by atoms with E-state index in [0.29, 0.717) is 19.0 Å². The molecule has 1 aromatic carbocycles. The summed E-state index contributed by atoms with van der Waals surface area (Å²) in [5.74, 6) is 0.0667. The van der Waals surface area contributed by atoms with E-state index in [1.807, 2.05) is 30.3 Å². The molecule has 6 nitrogen and oxygen atoms in total. The first-order valence-electron chi connectivity index (χ1n) is 7.03. The molecule has 0 spiro atoms. The summed E-state index contributed by atoms with van der Waals surface area (Å²) in [4.78, 5) is 16.1. The van der Waals surface area contributed by atoms with Crippen LogP contribution in [-0.2, 0) is 17.4 Å². The van der Waals surface area contributed by atoms with E-state index in [-0.39, 0.29) is 5.91 Å². The van der Waals surface area contributed by atoms with Crippen molar-refractivity contribution < 1.29 is 9.53 Å². The van der Waals surface area contributed by atoms with Gasteiger partial charge < -0.3 is 10.1 Å². The third-order valence-electron chi connectivity index (χ3n) is 3.85. The number of benzene rings is 1. The average molecular weight is 286 g/mol. The molecular formula is C15H18N4O2. The fourth-order valence-electron chi connectivity index (χ4n) is 2.71. The number of ether oxygens (including phenoxy) is 1. The van der Waals surface area contributed by atoms with Gasteiger partial charge in [0.05, 0.1) is 6.54 Å². The van der Waals surface area contributed by atoms with E-state index in [1.54, 1.807) is 7.05 Å². The van der Waals surface area contributed by atoms with Crippen molar-refractivity contribution in [3.05, 3.63) is 48.0 Å². The molecule has 1 aliphatic heterocycles. The molecular weight excluding hydrogens is 268 g/mol. The molecule has 0 bridgehead atoms. The summed E-state index contributed by atoms with van der Waals surface area (Å²) in [5, 5.41) is 6.83. The van der Waals surface area contributed by atoms with Gasteiger partial charge in [0.2, 0.25) is 5.82 Å². The van der Waals surface area contributed by atoms with Gasteiger partial charge in [-0.15, -0.1) is 0 Å². The molecule has 1 aliphatic rings. The standard InChI is InChI=1S/C15H18N4O2/c1-19-13(17-11-18-19)14(20)16-10-15(8-5-9-21-15)12-6-3-2-4-7-12/h2-4,6-7,11H,5,8-10H2,1H3,(H,16,20). The number of nitrogens with one attached hydrogen (secondary N) is 1. The summed E-state index contributed by atoms with van der Waals surface area (Å²) in [5.41, 5.74) is 0.663. The maximum atomic E-state index is 12.2. The highest BCUT2D eigenvalue weighted by molar-refractivity contribution is 5.90. The molecule has 2 aromatic rings. The molecule has 3 rings (SSSR count). The average Bonchev–Trinajstić information content (AvgIpc) is 3.15. The smallest absolute Gasteiger partial charge is 0.288 e. The molecule has 0 saturated carbocycles. The Morgan fingerprint density at radius 3 is 2.86 bits per heavy atom. The highest BCUT2D eigenvalue weighted by atomic mass is 16.5. The predicted octanol–water partition coefficient (Wildman–Crippen LogP) is 1.25. The topological polar surface area (TPSA) is 69.0 Å². The zero-order chi connectivity index (χ0) is 14.7. The van der Waals surface area contributed by atoms with E-state index < -0.39 is 5.60 Å². The van der Waals surface area contributed by atoms with Crippen molar-refractivity contribution in [3.8, 4) is 0 Å². The molecule has 21 heavy (non-hydrogen) atoms. The van der Waals surface area contributed by atoms with Gasteiger partial charge >= 0.3 is 0 Å². The first kappa shape index (κ1) is 13.8. The fraction of sp³-hybridized carbons (Fsp3) is 0.400. The zero-order valence-corrected chi connectivity index (χ0v) is 12.0. The fourth-order valence-corrected chi connectivity index (χ4v) is 2.71. The van der Waals surface area contributed by atoms with Crippen LogP contribution < -0.4 is 5.32 Å². The van der Waals surface area contributed by atoms with Gasteiger partial charge in [0.15, 0.2) is 0 Å². The lowest BCUT2D eigenvalue weighted by molar-refractivity contribution is 0.00123. The molecule has 6 heteroatoms. The second-order valence-corrected chi connectivity index (χ2v) is 5.20. The van der Waals surface area contributed by atoms with Gasteiger partial charge in [0.1, 0.15) is 11.9 Å². The Labute approximate surface area is 123 Å². The minimum Gasteiger partial charge on any atom is -0.368 e. The number of nitrogens with zero attached hydrogens (tertiary/aromatic N) is 3. The molecule has 0 aliphatic carbocycles. The molecule has 1 amide bonds. The van der Waals surface area contributed by atoms with Crippen molar-refractivity contribution >= 4 is 5.91 Å². The largest absolute Gasteiger partial charge is 0.368 e. The number of hydrogen-bond donors (Lipinski definition) is 1. The van der Waals surface area contributed by atoms with Crippen LogP contribution in [0.15, 0.2) is 36.7 Å². The van der Waals surface area contributed by atoms with Crippen LogP contribution in [0.1, 0.15) is 29.0 Å². The van der Waals surface area contributed by atoms with Gasteiger partial charge in [0, 0.05) is 13.7 Å². The number of carbonyl (C=O) groups is 1. The summed E-state index contributed by atoms with van der Waals surface area (Å²) in [6.45, 7) is 1.15. The maximum absolute atomic E-state index is 12.2. The Balaban J connectivity index is 1.75. The molecule has 0 radical (unpaired) electrons. The Hall–Kier alpha value is -2.21. The summed E-state index contributed by atoms with van der Waals surface area (Å²) in [6.07, 6.45) is 3.26. The van der Waals surface area contributed by atoms with Crippen molar-refractivity contribution in [2.75, 3.05) is 13.2 Å². The normalized spacial score (nSPS) is 21.4. The number of carbonyl (C=O) groups excluding carboxylic acids is 1. The van der Waals surface area contributed by atoms with Crippen LogP contribution in [0.4, 0.5) is 0 Å². The summed E-state index contributed by atoms with van der Waals surface area (Å²) >= 11 is 0. The van der Waals surface area contributed by atoms with Gasteiger partial charge in [-0.1, -0.05) is 30.3 Å². The Bertz CT molecular complexity index is 618. The van der Waals surface area contributed by atoms with Crippen LogP contribution in [0.5, 0.6) is 0 Å². The van der Waals surface area contributed by atoms with E-state index in [4.69, 9.17) is 4.74 Å². The highest BCUT2D eigenvalue weighted by Gasteiger charge is 2.37. The number of rotatable bonds is 4. The summed E-state index contributed by atoms with van der Waals surface area (Å²) in [7, 11) is 1.70. The Morgan fingerprint density at radius 2 is 2.24 bits per heavy atom. The second-order valence-electron chi connectivity index (χ2n) is 5.20. The number of aromatic nitrogens is 3.